The Balaban J connectivity index is 1.58. The Labute approximate surface area is 192 Å². The number of alkyl halides is 3. The van der Waals surface area contributed by atoms with Crippen molar-refractivity contribution in [3.05, 3.63) is 72.2 Å². The van der Waals surface area contributed by atoms with Gasteiger partial charge >= 0.3 is 6.18 Å². The van der Waals surface area contributed by atoms with Crippen molar-refractivity contribution in [1.82, 2.24) is 14.9 Å². The highest BCUT2D eigenvalue weighted by Crippen LogP contribution is 2.42. The highest BCUT2D eigenvalue weighted by molar-refractivity contribution is 5.91. The van der Waals surface area contributed by atoms with Crippen molar-refractivity contribution in [2.75, 3.05) is 13.1 Å². The number of nitrogens with zero attached hydrogens (tertiary/aromatic N) is 2. The minimum atomic E-state index is -4.38. The van der Waals surface area contributed by atoms with Crippen LogP contribution >= 0.6 is 0 Å². The number of nitrogens with one attached hydrogen (secondary N) is 1. The van der Waals surface area contributed by atoms with Gasteiger partial charge in [-0.25, -0.2) is 0 Å². The maximum atomic E-state index is 13.4. The Morgan fingerprint density at radius 1 is 1.12 bits per heavy atom. The summed E-state index contributed by atoms with van der Waals surface area (Å²) in [6.45, 7) is 4.44. The fourth-order valence-corrected chi connectivity index (χ4v) is 5.46. The van der Waals surface area contributed by atoms with E-state index in [0.717, 1.165) is 41.6 Å². The summed E-state index contributed by atoms with van der Waals surface area (Å²) in [5.41, 5.74) is 4.84. The van der Waals surface area contributed by atoms with Gasteiger partial charge in [-0.1, -0.05) is 31.6 Å². The van der Waals surface area contributed by atoms with Crippen LogP contribution in [0.2, 0.25) is 0 Å². The van der Waals surface area contributed by atoms with Crippen LogP contribution in [0, 0.1) is 5.92 Å². The number of benzene rings is 1. The van der Waals surface area contributed by atoms with E-state index in [1.54, 1.807) is 18.5 Å². The molecule has 0 spiro atoms. The van der Waals surface area contributed by atoms with Gasteiger partial charge in [-0.05, 0) is 66.1 Å². The van der Waals surface area contributed by atoms with Crippen LogP contribution in [0.4, 0.5) is 13.2 Å². The Hall–Kier alpha value is -2.86. The average molecular weight is 452 g/mol. The van der Waals surface area contributed by atoms with E-state index < -0.39 is 11.7 Å². The van der Waals surface area contributed by atoms with Crippen molar-refractivity contribution in [3.63, 3.8) is 0 Å². The van der Waals surface area contributed by atoms with Gasteiger partial charge in [0.2, 0.25) is 0 Å². The van der Waals surface area contributed by atoms with Crippen LogP contribution in [0.25, 0.3) is 28.0 Å². The molecule has 2 atom stereocenters. The van der Waals surface area contributed by atoms with E-state index in [1.807, 2.05) is 18.3 Å². The summed E-state index contributed by atoms with van der Waals surface area (Å²) in [4.78, 5) is 10.0. The normalized spacial score (nSPS) is 21.2. The molecule has 2 aliphatic rings. The summed E-state index contributed by atoms with van der Waals surface area (Å²) in [5, 5.41) is 0. The standard InChI is InChI=1S/C27H28F3N3/c1-2-4-18-13-23-15-20(9-12-33(23)17-18)24-16-32-26(25(24)19-7-10-31-11-8-19)21-5-3-6-22(14-21)27(28,29)30/h3,5-8,10-11,14-16,18,23,32H,2,4,9,12-13,17H2,1H3. The maximum absolute atomic E-state index is 13.4. The predicted molar refractivity (Wildman–Crippen MR) is 125 cm³/mol. The Morgan fingerprint density at radius 2 is 1.94 bits per heavy atom. The molecule has 3 aromatic rings. The van der Waals surface area contributed by atoms with Crippen LogP contribution in [0.1, 0.15) is 43.7 Å². The molecule has 2 aromatic heterocycles. The van der Waals surface area contributed by atoms with E-state index in [2.05, 4.69) is 27.9 Å². The van der Waals surface area contributed by atoms with E-state index in [4.69, 9.17) is 0 Å². The molecule has 33 heavy (non-hydrogen) atoms. The third-order valence-electron chi connectivity index (χ3n) is 6.97. The first-order valence-electron chi connectivity index (χ1n) is 11.7. The molecule has 1 N–H and O–H groups in total. The highest BCUT2D eigenvalue weighted by atomic mass is 19.4. The summed E-state index contributed by atoms with van der Waals surface area (Å²) >= 11 is 0. The van der Waals surface area contributed by atoms with Crippen LogP contribution < -0.4 is 0 Å². The monoisotopic (exact) mass is 451 g/mol. The maximum Gasteiger partial charge on any atom is 0.416 e. The van der Waals surface area contributed by atoms with Crippen LogP contribution in [0.3, 0.4) is 0 Å². The second kappa shape index (κ2) is 8.82. The lowest BCUT2D eigenvalue weighted by atomic mass is 9.90. The van der Waals surface area contributed by atoms with Crippen molar-refractivity contribution < 1.29 is 13.2 Å². The molecular weight excluding hydrogens is 423 g/mol. The van der Waals surface area contributed by atoms with E-state index in [1.165, 1.54) is 43.5 Å². The predicted octanol–water partition coefficient (Wildman–Crippen LogP) is 7.04. The molecule has 0 radical (unpaired) electrons. The molecule has 172 valence electrons. The van der Waals surface area contributed by atoms with Crippen molar-refractivity contribution in [2.24, 2.45) is 5.92 Å². The molecular formula is C27H28F3N3. The first-order chi connectivity index (χ1) is 15.9. The molecule has 0 amide bonds. The molecule has 1 saturated heterocycles. The van der Waals surface area contributed by atoms with Crippen LogP contribution in [0.5, 0.6) is 0 Å². The zero-order valence-electron chi connectivity index (χ0n) is 18.7. The first kappa shape index (κ1) is 22.0. The minimum Gasteiger partial charge on any atom is -0.360 e. The van der Waals surface area contributed by atoms with Gasteiger partial charge in [-0.2, -0.15) is 13.2 Å². The third kappa shape index (κ3) is 4.36. The molecule has 1 fully saturated rings. The van der Waals surface area contributed by atoms with E-state index in [9.17, 15) is 13.2 Å². The molecule has 1 aromatic carbocycles. The van der Waals surface area contributed by atoms with Gasteiger partial charge in [0.05, 0.1) is 11.3 Å². The molecule has 0 saturated carbocycles. The Bertz CT molecular complexity index is 1150. The zero-order chi connectivity index (χ0) is 23.0. The van der Waals surface area contributed by atoms with Crippen molar-refractivity contribution in [3.8, 4) is 22.4 Å². The quantitative estimate of drug-likeness (QED) is 0.451. The number of H-pyrrole nitrogens is 1. The lowest BCUT2D eigenvalue weighted by Gasteiger charge is -2.28. The van der Waals surface area contributed by atoms with Crippen LogP contribution in [0.15, 0.2) is 61.1 Å². The number of halogens is 3. The SMILES string of the molecule is CCCC1CC2C=C(c3c[nH]c(-c4cccc(C(F)(F)F)c4)c3-c3ccncc3)CCN2C1. The van der Waals surface area contributed by atoms with Gasteiger partial charge in [-0.15, -0.1) is 0 Å². The second-order valence-corrected chi connectivity index (χ2v) is 9.16. The van der Waals surface area contributed by atoms with Gasteiger partial charge in [0.15, 0.2) is 0 Å². The lowest BCUT2D eigenvalue weighted by Crippen LogP contribution is -2.32. The van der Waals surface area contributed by atoms with Gasteiger partial charge in [0, 0.05) is 48.8 Å². The molecule has 2 unspecified atom stereocenters. The summed E-state index contributed by atoms with van der Waals surface area (Å²) in [7, 11) is 0. The van der Waals surface area contributed by atoms with E-state index in [-0.39, 0.29) is 0 Å². The summed E-state index contributed by atoms with van der Waals surface area (Å²) in [6, 6.07) is 9.84. The smallest absolute Gasteiger partial charge is 0.360 e. The molecule has 4 heterocycles. The summed E-state index contributed by atoms with van der Waals surface area (Å²) in [6.07, 6.45) is 8.04. The van der Waals surface area contributed by atoms with Gasteiger partial charge < -0.3 is 4.98 Å². The largest absolute Gasteiger partial charge is 0.416 e. The molecule has 0 bridgehead atoms. The average Bonchev–Trinajstić information content (AvgIpc) is 3.43. The Kier molecular flexibility index (Phi) is 5.87. The highest BCUT2D eigenvalue weighted by Gasteiger charge is 2.34. The Morgan fingerprint density at radius 3 is 2.70 bits per heavy atom. The molecule has 0 aliphatic carbocycles. The van der Waals surface area contributed by atoms with Crippen LogP contribution in [-0.2, 0) is 6.18 Å². The second-order valence-electron chi connectivity index (χ2n) is 9.16. The number of pyridine rings is 1. The van der Waals surface area contributed by atoms with Crippen molar-refractivity contribution in [2.45, 2.75) is 44.8 Å². The topological polar surface area (TPSA) is 31.9 Å². The van der Waals surface area contributed by atoms with Gasteiger partial charge in [0.1, 0.15) is 0 Å². The minimum absolute atomic E-state index is 0.447. The fourth-order valence-electron chi connectivity index (χ4n) is 5.46. The molecule has 5 rings (SSSR count). The zero-order valence-corrected chi connectivity index (χ0v) is 18.7. The van der Waals surface area contributed by atoms with E-state index in [0.29, 0.717) is 17.3 Å². The van der Waals surface area contributed by atoms with Gasteiger partial charge in [0.25, 0.3) is 0 Å². The fraction of sp³-hybridized carbons (Fsp3) is 0.370. The summed E-state index contributed by atoms with van der Waals surface area (Å²) < 4.78 is 40.1. The molecule has 3 nitrogen and oxygen atoms in total. The third-order valence-corrected chi connectivity index (χ3v) is 6.97. The number of hydrogen-bond acceptors (Lipinski definition) is 2. The number of rotatable bonds is 5. The van der Waals surface area contributed by atoms with Crippen molar-refractivity contribution >= 4 is 5.57 Å². The lowest BCUT2D eigenvalue weighted by molar-refractivity contribution is -0.137. The van der Waals surface area contributed by atoms with Crippen LogP contribution in [-0.4, -0.2) is 34.0 Å². The van der Waals surface area contributed by atoms with Gasteiger partial charge in [-0.3, -0.25) is 9.88 Å². The molecule has 6 heteroatoms. The van der Waals surface area contributed by atoms with E-state index >= 15 is 0 Å². The number of aromatic nitrogens is 2. The van der Waals surface area contributed by atoms with Crippen molar-refractivity contribution in [1.29, 1.82) is 0 Å². The number of hydrogen-bond donors (Lipinski definition) is 1. The first-order valence-corrected chi connectivity index (χ1v) is 11.7. The molecule has 2 aliphatic heterocycles. The number of aromatic amines is 1. The number of fused-ring (bicyclic) bond motifs is 1. The summed E-state index contributed by atoms with van der Waals surface area (Å²) in [5.74, 6) is 0.752.